The molecule has 3 heterocycles. The number of H-pyrrole nitrogens is 1. The van der Waals surface area contributed by atoms with Gasteiger partial charge in [0.2, 0.25) is 0 Å². The minimum absolute atomic E-state index is 0.411. The summed E-state index contributed by atoms with van der Waals surface area (Å²) in [4.78, 5) is 11.2. The first-order valence-corrected chi connectivity index (χ1v) is 13.4. The zero-order chi connectivity index (χ0) is 31.0. The van der Waals surface area contributed by atoms with E-state index in [1.165, 1.54) is 42.4 Å². The molecule has 0 atom stereocenters. The molecule has 0 aliphatic heterocycles. The van der Waals surface area contributed by atoms with E-state index in [0.717, 1.165) is 11.3 Å². The van der Waals surface area contributed by atoms with Crippen LogP contribution >= 0.6 is 46.4 Å². The molecular formula is C27H20Cl4N12. The molecule has 0 unspecified atom stereocenters. The lowest BCUT2D eigenvalue weighted by molar-refractivity contribution is 0.857. The topological polar surface area (TPSA) is 177 Å². The van der Waals surface area contributed by atoms with E-state index in [1.54, 1.807) is 47.4 Å². The number of hydrogen-bond acceptors (Lipinski definition) is 9. The highest BCUT2D eigenvalue weighted by molar-refractivity contribution is 6.34. The zero-order valence-corrected chi connectivity index (χ0v) is 25.0. The van der Waals surface area contributed by atoms with Crippen molar-refractivity contribution in [1.82, 2.24) is 44.7 Å². The maximum atomic E-state index is 8.87. The Morgan fingerprint density at radius 1 is 0.698 bits per heavy atom. The van der Waals surface area contributed by atoms with Gasteiger partial charge in [-0.05, 0) is 60.2 Å². The molecule has 0 fully saturated rings. The molecule has 16 heteroatoms. The minimum Gasteiger partial charge on any atom is -0.326 e. The van der Waals surface area contributed by atoms with Crippen molar-refractivity contribution in [3.8, 4) is 23.5 Å². The Hall–Kier alpha value is -4.82. The molecule has 0 bridgehead atoms. The van der Waals surface area contributed by atoms with Gasteiger partial charge in [0.1, 0.15) is 50.1 Å². The van der Waals surface area contributed by atoms with Crippen LogP contribution in [0.5, 0.6) is 0 Å². The van der Waals surface area contributed by atoms with Gasteiger partial charge in [0, 0.05) is 21.6 Å². The molecule has 3 aromatic carbocycles. The predicted octanol–water partition coefficient (Wildman–Crippen LogP) is 5.84. The first-order chi connectivity index (χ1) is 20.9. The van der Waals surface area contributed by atoms with Crippen LogP contribution in [0.15, 0.2) is 92.6 Å². The van der Waals surface area contributed by atoms with Gasteiger partial charge >= 0.3 is 0 Å². The third kappa shape index (κ3) is 10.2. The van der Waals surface area contributed by atoms with Crippen LogP contribution in [0.25, 0.3) is 11.4 Å². The van der Waals surface area contributed by atoms with Gasteiger partial charge in [0.25, 0.3) is 0 Å². The molecule has 0 spiro atoms. The van der Waals surface area contributed by atoms with Crippen LogP contribution in [0.3, 0.4) is 0 Å². The van der Waals surface area contributed by atoms with Gasteiger partial charge < -0.3 is 5.73 Å². The number of nitrogens with two attached hydrogens (primary N) is 1. The Bertz CT molecular complexity index is 1760. The van der Waals surface area contributed by atoms with Gasteiger partial charge in [-0.25, -0.2) is 24.3 Å². The van der Waals surface area contributed by atoms with Crippen LogP contribution in [0.4, 0.5) is 0 Å². The molecule has 0 radical (unpaired) electrons. The number of nitrogens with zero attached hydrogens (tertiary/aromatic N) is 10. The number of halogens is 4. The summed E-state index contributed by atoms with van der Waals surface area (Å²) < 4.78 is 3.19. The Labute approximate surface area is 265 Å². The highest BCUT2D eigenvalue weighted by atomic mass is 35.5. The zero-order valence-electron chi connectivity index (χ0n) is 21.9. The van der Waals surface area contributed by atoms with E-state index in [9.17, 15) is 0 Å². The summed E-state index contributed by atoms with van der Waals surface area (Å²) >= 11 is 22.8. The maximum Gasteiger partial charge on any atom is 0.138 e. The Balaban J connectivity index is 0.000000165. The monoisotopic (exact) mass is 652 g/mol. The average Bonchev–Trinajstić information content (AvgIpc) is 3.84. The number of hydrogen-bond donors (Lipinski definition) is 2. The molecule has 0 aliphatic carbocycles. The molecule has 43 heavy (non-hydrogen) atoms. The summed E-state index contributed by atoms with van der Waals surface area (Å²) in [5, 5.41) is 33.4. The highest BCUT2D eigenvalue weighted by Gasteiger charge is 2.05. The minimum atomic E-state index is 0.411. The standard InChI is InChI=1S/C9H9ClN4.C9H5ClN4.C7H3Cl2N.C2H3N3/c2*10-8-1-2-9(7(3-8)4-11)14-6-12-5-13-14;8-6-1-2-7(9)5(3-6)4-10;1-3-2-5-4-1/h1-3,5-6H,4,11H2;1-3,5-6H;1-3H;1-2H,(H,3,4,5). The van der Waals surface area contributed by atoms with Crippen molar-refractivity contribution in [2.45, 2.75) is 6.54 Å². The summed E-state index contributed by atoms with van der Waals surface area (Å²) in [6.45, 7) is 0.426. The van der Waals surface area contributed by atoms with Gasteiger partial charge in [0.05, 0.1) is 27.5 Å². The van der Waals surface area contributed by atoms with Gasteiger partial charge in [0.15, 0.2) is 0 Å². The van der Waals surface area contributed by atoms with E-state index in [-0.39, 0.29) is 0 Å². The normalized spacial score (nSPS) is 9.56. The smallest absolute Gasteiger partial charge is 0.138 e. The maximum absolute atomic E-state index is 8.87. The number of benzene rings is 3. The van der Waals surface area contributed by atoms with Gasteiger partial charge in [-0.15, -0.1) is 0 Å². The van der Waals surface area contributed by atoms with Crippen molar-refractivity contribution in [3.63, 3.8) is 0 Å². The van der Waals surface area contributed by atoms with E-state index in [4.69, 9.17) is 62.7 Å². The number of rotatable bonds is 3. The Morgan fingerprint density at radius 3 is 1.72 bits per heavy atom. The third-order valence-electron chi connectivity index (χ3n) is 5.05. The van der Waals surface area contributed by atoms with Gasteiger partial charge in [-0.1, -0.05) is 46.4 Å². The molecule has 6 aromatic rings. The second-order valence-corrected chi connectivity index (χ2v) is 9.53. The second-order valence-electron chi connectivity index (χ2n) is 7.82. The fourth-order valence-corrected chi connectivity index (χ4v) is 3.85. The van der Waals surface area contributed by atoms with Crippen LogP contribution in [0.1, 0.15) is 16.7 Å². The fourth-order valence-electron chi connectivity index (χ4n) is 3.15. The van der Waals surface area contributed by atoms with Crippen LogP contribution in [-0.2, 0) is 6.54 Å². The SMILES string of the molecule is N#Cc1cc(Cl)ccc1-n1cncn1.N#Cc1cc(Cl)ccc1Cl.NCc1cc(Cl)ccc1-n1cncn1.c1nc[nH]n1. The average molecular weight is 654 g/mol. The number of aromatic amines is 1. The van der Waals surface area contributed by atoms with Crippen molar-refractivity contribution in [2.24, 2.45) is 5.73 Å². The molecule has 0 saturated heterocycles. The van der Waals surface area contributed by atoms with Crippen LogP contribution in [0, 0.1) is 22.7 Å². The van der Waals surface area contributed by atoms with Crippen LogP contribution in [0.2, 0.25) is 20.1 Å². The third-order valence-corrected chi connectivity index (χ3v) is 6.09. The first kappa shape index (κ1) is 32.7. The van der Waals surface area contributed by atoms with Crippen LogP contribution in [-0.4, -0.2) is 44.7 Å². The summed E-state index contributed by atoms with van der Waals surface area (Å²) in [5.74, 6) is 0. The van der Waals surface area contributed by atoms with Gasteiger partial charge in [-0.2, -0.15) is 25.8 Å². The van der Waals surface area contributed by atoms with Crippen molar-refractivity contribution in [3.05, 3.63) is 129 Å². The van der Waals surface area contributed by atoms with E-state index in [1.807, 2.05) is 18.2 Å². The van der Waals surface area contributed by atoms with Crippen molar-refractivity contribution in [1.29, 1.82) is 10.5 Å². The molecule has 0 aliphatic rings. The number of nitrogens with one attached hydrogen (secondary N) is 1. The van der Waals surface area contributed by atoms with E-state index < -0.39 is 0 Å². The molecule has 3 aromatic heterocycles. The van der Waals surface area contributed by atoms with E-state index >= 15 is 0 Å². The summed E-state index contributed by atoms with van der Waals surface area (Å²) in [6, 6.07) is 19.3. The summed E-state index contributed by atoms with van der Waals surface area (Å²) in [6.07, 6.45) is 9.01. The number of nitriles is 2. The molecule has 216 valence electrons. The molecule has 6 rings (SSSR count). The predicted molar refractivity (Wildman–Crippen MR) is 163 cm³/mol. The van der Waals surface area contributed by atoms with Crippen molar-refractivity contribution in [2.75, 3.05) is 0 Å². The van der Waals surface area contributed by atoms with Crippen molar-refractivity contribution >= 4 is 46.4 Å². The van der Waals surface area contributed by atoms with Crippen LogP contribution < -0.4 is 5.73 Å². The fraction of sp³-hybridized carbons (Fsp3) is 0.0370. The lowest BCUT2D eigenvalue weighted by atomic mass is 10.2. The second kappa shape index (κ2) is 17.2. The summed E-state index contributed by atoms with van der Waals surface area (Å²) in [7, 11) is 0. The largest absolute Gasteiger partial charge is 0.326 e. The molecule has 3 N–H and O–H groups in total. The number of aromatic nitrogens is 9. The first-order valence-electron chi connectivity index (χ1n) is 11.9. The van der Waals surface area contributed by atoms with Gasteiger partial charge in [-0.3, -0.25) is 5.10 Å². The molecule has 12 nitrogen and oxygen atoms in total. The Kier molecular flexibility index (Phi) is 13.1. The molecule has 0 amide bonds. The highest BCUT2D eigenvalue weighted by Crippen LogP contribution is 2.20. The quantitative estimate of drug-likeness (QED) is 0.237. The lowest BCUT2D eigenvalue weighted by Crippen LogP contribution is -2.04. The van der Waals surface area contributed by atoms with E-state index in [0.29, 0.717) is 43.4 Å². The Morgan fingerprint density at radius 2 is 1.26 bits per heavy atom. The summed E-state index contributed by atoms with van der Waals surface area (Å²) in [5.41, 5.74) is 9.03. The van der Waals surface area contributed by atoms with E-state index in [2.05, 4.69) is 41.4 Å². The molecular weight excluding hydrogens is 634 g/mol. The van der Waals surface area contributed by atoms with Crippen molar-refractivity contribution < 1.29 is 0 Å². The lowest BCUT2D eigenvalue weighted by Gasteiger charge is -2.06. The molecule has 0 saturated carbocycles.